The molecule has 0 aliphatic rings. The quantitative estimate of drug-likeness (QED) is 0.884. The number of anilines is 1. The molecule has 1 unspecified atom stereocenters. The normalized spacial score (nSPS) is 11.9. The Kier molecular flexibility index (Phi) is 3.70. The van der Waals surface area contributed by atoms with Crippen molar-refractivity contribution in [3.05, 3.63) is 53.7 Å². The fourth-order valence-electron chi connectivity index (χ4n) is 1.62. The largest absolute Gasteiger partial charge is 0.478 e. The standard InChI is InChI=1S/C13H12FN3O2/c1-8(10-4-2-3-6-15-10)17-12-11(14)9(13(18)19)5-7-16-12/h2-8H,1H3,(H,16,17)(H,18,19). The third-order valence-corrected chi connectivity index (χ3v) is 2.60. The number of nitrogens with one attached hydrogen (secondary N) is 1. The van der Waals surface area contributed by atoms with Crippen molar-refractivity contribution in [3.63, 3.8) is 0 Å². The van der Waals surface area contributed by atoms with Gasteiger partial charge in [0.1, 0.15) is 5.56 Å². The van der Waals surface area contributed by atoms with Crippen molar-refractivity contribution in [2.75, 3.05) is 5.32 Å². The van der Waals surface area contributed by atoms with Crippen molar-refractivity contribution in [1.82, 2.24) is 9.97 Å². The molecule has 5 nitrogen and oxygen atoms in total. The van der Waals surface area contributed by atoms with E-state index in [9.17, 15) is 9.18 Å². The van der Waals surface area contributed by atoms with E-state index in [0.717, 1.165) is 6.07 Å². The number of nitrogens with zero attached hydrogens (tertiary/aromatic N) is 2. The van der Waals surface area contributed by atoms with E-state index in [-0.39, 0.29) is 11.9 Å². The lowest BCUT2D eigenvalue weighted by Gasteiger charge is -2.14. The molecule has 1 atom stereocenters. The number of aromatic nitrogens is 2. The Bertz CT molecular complexity index is 590. The average Bonchev–Trinajstić information content (AvgIpc) is 2.41. The molecule has 2 aromatic heterocycles. The second-order valence-corrected chi connectivity index (χ2v) is 3.95. The number of carboxylic acid groups (broad SMARTS) is 1. The molecule has 6 heteroatoms. The molecule has 98 valence electrons. The highest BCUT2D eigenvalue weighted by molar-refractivity contribution is 5.88. The molecule has 2 heterocycles. The number of hydrogen-bond donors (Lipinski definition) is 2. The summed E-state index contributed by atoms with van der Waals surface area (Å²) >= 11 is 0. The van der Waals surface area contributed by atoms with Crippen LogP contribution in [0.2, 0.25) is 0 Å². The van der Waals surface area contributed by atoms with Crippen molar-refractivity contribution in [2.45, 2.75) is 13.0 Å². The van der Waals surface area contributed by atoms with Crippen LogP contribution in [0.3, 0.4) is 0 Å². The fraction of sp³-hybridized carbons (Fsp3) is 0.154. The number of aromatic carboxylic acids is 1. The van der Waals surface area contributed by atoms with E-state index in [4.69, 9.17) is 5.11 Å². The van der Waals surface area contributed by atoms with Crippen molar-refractivity contribution in [2.24, 2.45) is 0 Å². The highest BCUT2D eigenvalue weighted by atomic mass is 19.1. The summed E-state index contributed by atoms with van der Waals surface area (Å²) in [6, 6.07) is 6.22. The van der Waals surface area contributed by atoms with Crippen LogP contribution in [0.5, 0.6) is 0 Å². The first-order valence-corrected chi connectivity index (χ1v) is 5.65. The minimum absolute atomic E-state index is 0.0990. The number of hydrogen-bond acceptors (Lipinski definition) is 4. The number of carboxylic acids is 1. The molecule has 0 saturated heterocycles. The Labute approximate surface area is 109 Å². The Morgan fingerprint density at radius 3 is 2.74 bits per heavy atom. The molecule has 0 fully saturated rings. The van der Waals surface area contributed by atoms with Crippen molar-refractivity contribution in [1.29, 1.82) is 0 Å². The minimum Gasteiger partial charge on any atom is -0.478 e. The summed E-state index contributed by atoms with van der Waals surface area (Å²) in [6.07, 6.45) is 2.88. The van der Waals surface area contributed by atoms with Crippen LogP contribution in [0.1, 0.15) is 29.0 Å². The Morgan fingerprint density at radius 2 is 2.11 bits per heavy atom. The van der Waals surface area contributed by atoms with Crippen LogP contribution in [0.4, 0.5) is 10.2 Å². The van der Waals surface area contributed by atoms with E-state index in [1.54, 1.807) is 25.3 Å². The number of carbonyl (C=O) groups is 1. The van der Waals surface area contributed by atoms with Gasteiger partial charge < -0.3 is 10.4 Å². The van der Waals surface area contributed by atoms with Crippen LogP contribution >= 0.6 is 0 Å². The maximum Gasteiger partial charge on any atom is 0.338 e. The first-order chi connectivity index (χ1) is 9.09. The van der Waals surface area contributed by atoms with Gasteiger partial charge in [-0.05, 0) is 25.1 Å². The van der Waals surface area contributed by atoms with Gasteiger partial charge >= 0.3 is 5.97 Å². The molecule has 19 heavy (non-hydrogen) atoms. The van der Waals surface area contributed by atoms with Gasteiger partial charge in [-0.15, -0.1) is 0 Å². The lowest BCUT2D eigenvalue weighted by molar-refractivity contribution is 0.0692. The number of rotatable bonds is 4. The predicted octanol–water partition coefficient (Wildman–Crippen LogP) is 2.49. The molecule has 0 aromatic carbocycles. The number of halogens is 1. The van der Waals surface area contributed by atoms with Gasteiger partial charge in [0.15, 0.2) is 11.6 Å². The van der Waals surface area contributed by atoms with Gasteiger partial charge in [0, 0.05) is 12.4 Å². The van der Waals surface area contributed by atoms with E-state index in [2.05, 4.69) is 15.3 Å². The van der Waals surface area contributed by atoms with Gasteiger partial charge in [-0.2, -0.15) is 0 Å². The van der Waals surface area contributed by atoms with E-state index >= 15 is 0 Å². The lowest BCUT2D eigenvalue weighted by Crippen LogP contribution is -2.13. The maximum absolute atomic E-state index is 13.9. The first-order valence-electron chi connectivity index (χ1n) is 5.65. The minimum atomic E-state index is -1.33. The van der Waals surface area contributed by atoms with E-state index < -0.39 is 17.3 Å². The van der Waals surface area contributed by atoms with Gasteiger partial charge in [-0.3, -0.25) is 4.98 Å². The first kappa shape index (κ1) is 12.9. The van der Waals surface area contributed by atoms with Gasteiger partial charge in [-0.25, -0.2) is 14.2 Å². The summed E-state index contributed by atoms with van der Waals surface area (Å²) in [4.78, 5) is 18.8. The van der Waals surface area contributed by atoms with Crippen LogP contribution in [0.15, 0.2) is 36.7 Å². The zero-order chi connectivity index (χ0) is 13.8. The van der Waals surface area contributed by atoms with Crippen LogP contribution in [-0.2, 0) is 0 Å². The molecule has 2 N–H and O–H groups in total. The lowest BCUT2D eigenvalue weighted by atomic mass is 10.2. The van der Waals surface area contributed by atoms with E-state index in [1.165, 1.54) is 6.20 Å². The second-order valence-electron chi connectivity index (χ2n) is 3.95. The summed E-state index contributed by atoms with van der Waals surface area (Å²) in [6.45, 7) is 1.79. The van der Waals surface area contributed by atoms with Gasteiger partial charge in [0.05, 0.1) is 11.7 Å². The third kappa shape index (κ3) is 2.85. The molecule has 0 aliphatic heterocycles. The van der Waals surface area contributed by atoms with E-state index in [0.29, 0.717) is 5.69 Å². The Hall–Kier alpha value is -2.50. The summed E-state index contributed by atoms with van der Waals surface area (Å²) in [5.41, 5.74) is 0.301. The molecular weight excluding hydrogens is 249 g/mol. The highest BCUT2D eigenvalue weighted by Crippen LogP contribution is 2.20. The van der Waals surface area contributed by atoms with E-state index in [1.807, 2.05) is 6.07 Å². The highest BCUT2D eigenvalue weighted by Gasteiger charge is 2.17. The van der Waals surface area contributed by atoms with Gasteiger partial charge in [0.2, 0.25) is 0 Å². The van der Waals surface area contributed by atoms with Gasteiger partial charge in [0.25, 0.3) is 0 Å². The fourth-order valence-corrected chi connectivity index (χ4v) is 1.62. The topological polar surface area (TPSA) is 75.1 Å². The monoisotopic (exact) mass is 261 g/mol. The summed E-state index contributed by atoms with van der Waals surface area (Å²) in [5.74, 6) is -2.30. The van der Waals surface area contributed by atoms with Crippen LogP contribution < -0.4 is 5.32 Å². The van der Waals surface area contributed by atoms with Crippen LogP contribution in [0, 0.1) is 5.82 Å². The zero-order valence-electron chi connectivity index (χ0n) is 10.2. The molecule has 0 bridgehead atoms. The molecule has 0 amide bonds. The SMILES string of the molecule is CC(Nc1nccc(C(=O)O)c1F)c1ccccn1. The van der Waals surface area contributed by atoms with Crippen molar-refractivity contribution >= 4 is 11.8 Å². The van der Waals surface area contributed by atoms with Crippen LogP contribution in [0.25, 0.3) is 0 Å². The smallest absolute Gasteiger partial charge is 0.338 e. The second kappa shape index (κ2) is 5.43. The third-order valence-electron chi connectivity index (χ3n) is 2.60. The molecule has 0 radical (unpaired) electrons. The molecular formula is C13H12FN3O2. The maximum atomic E-state index is 13.9. The van der Waals surface area contributed by atoms with Crippen molar-refractivity contribution < 1.29 is 14.3 Å². The molecule has 2 rings (SSSR count). The molecule has 0 spiro atoms. The zero-order valence-corrected chi connectivity index (χ0v) is 10.2. The Balaban J connectivity index is 2.25. The molecule has 0 aliphatic carbocycles. The van der Waals surface area contributed by atoms with Crippen molar-refractivity contribution in [3.8, 4) is 0 Å². The predicted molar refractivity (Wildman–Crippen MR) is 67.4 cm³/mol. The summed E-state index contributed by atoms with van der Waals surface area (Å²) in [7, 11) is 0. The molecule has 2 aromatic rings. The number of pyridine rings is 2. The summed E-state index contributed by atoms with van der Waals surface area (Å²) in [5, 5.41) is 11.6. The summed E-state index contributed by atoms with van der Waals surface area (Å²) < 4.78 is 13.9. The molecule has 0 saturated carbocycles. The average molecular weight is 261 g/mol. The van der Waals surface area contributed by atoms with Crippen LogP contribution in [-0.4, -0.2) is 21.0 Å². The van der Waals surface area contributed by atoms with Gasteiger partial charge in [-0.1, -0.05) is 6.07 Å². The Morgan fingerprint density at radius 1 is 1.32 bits per heavy atom.